The van der Waals surface area contributed by atoms with E-state index in [-0.39, 0.29) is 17.7 Å². The summed E-state index contributed by atoms with van der Waals surface area (Å²) in [6.45, 7) is 4.99. The molecule has 1 saturated heterocycles. The first-order valence-electron chi connectivity index (χ1n) is 9.68. The van der Waals surface area contributed by atoms with Gasteiger partial charge in [0.25, 0.3) is 5.91 Å². The van der Waals surface area contributed by atoms with Gasteiger partial charge in [-0.05, 0) is 37.5 Å². The van der Waals surface area contributed by atoms with E-state index in [0.29, 0.717) is 29.5 Å². The molecule has 2 heterocycles. The van der Waals surface area contributed by atoms with E-state index in [2.05, 4.69) is 15.6 Å². The zero-order valence-corrected chi connectivity index (χ0v) is 18.1. The van der Waals surface area contributed by atoms with E-state index in [1.54, 1.807) is 25.1 Å². The number of carbonyl (C=O) groups excluding carboxylic acids is 2. The molecule has 7 nitrogen and oxygen atoms in total. The molecule has 2 N–H and O–H groups in total. The van der Waals surface area contributed by atoms with E-state index in [4.69, 9.17) is 4.74 Å². The van der Waals surface area contributed by atoms with Crippen LogP contribution in [0.1, 0.15) is 28.8 Å². The number of methoxy groups -OCH3 is 1. The number of rotatable bonds is 6. The number of aryl methyl sites for hydroxylation is 1. The largest absolute Gasteiger partial charge is 0.496 e. The van der Waals surface area contributed by atoms with Crippen molar-refractivity contribution in [3.05, 3.63) is 29.5 Å². The molecule has 2 aliphatic rings. The van der Waals surface area contributed by atoms with E-state index in [1.807, 2.05) is 24.0 Å². The van der Waals surface area contributed by atoms with Crippen LogP contribution >= 0.6 is 23.1 Å². The highest BCUT2D eigenvalue weighted by atomic mass is 32.2. The van der Waals surface area contributed by atoms with Gasteiger partial charge in [-0.25, -0.2) is 4.98 Å². The highest BCUT2D eigenvalue weighted by molar-refractivity contribution is 8.01. The molecule has 2 aromatic rings. The number of nitrogens with zero attached hydrogens (tertiary/aromatic N) is 2. The summed E-state index contributed by atoms with van der Waals surface area (Å²) in [5, 5.41) is 6.77. The summed E-state index contributed by atoms with van der Waals surface area (Å²) in [7, 11) is 1.59. The van der Waals surface area contributed by atoms with E-state index in [1.165, 1.54) is 11.3 Å². The molecule has 4 rings (SSSR count). The summed E-state index contributed by atoms with van der Waals surface area (Å²) < 4.78 is 6.45. The molecule has 9 heteroatoms. The van der Waals surface area contributed by atoms with Crippen molar-refractivity contribution in [2.24, 2.45) is 5.92 Å². The summed E-state index contributed by atoms with van der Waals surface area (Å²) in [6.07, 6.45) is 3.70. The van der Waals surface area contributed by atoms with Crippen LogP contribution in [0.2, 0.25) is 0 Å². The van der Waals surface area contributed by atoms with Crippen LogP contribution in [0.25, 0.3) is 0 Å². The number of piperazine rings is 1. The van der Waals surface area contributed by atoms with Gasteiger partial charge >= 0.3 is 0 Å². The van der Waals surface area contributed by atoms with Gasteiger partial charge in [-0.2, -0.15) is 0 Å². The SMILES string of the molecule is COc1cc(C)c(Sc2cnc(NC(=O)C3CC3)s2)cc1C(=O)N1CCNCC1. The van der Waals surface area contributed by atoms with Crippen LogP contribution in [0.5, 0.6) is 5.75 Å². The molecule has 2 fully saturated rings. The van der Waals surface area contributed by atoms with Crippen LogP contribution in [0.15, 0.2) is 27.4 Å². The molecule has 0 bridgehead atoms. The summed E-state index contributed by atoms with van der Waals surface area (Å²) in [4.78, 5) is 32.1. The summed E-state index contributed by atoms with van der Waals surface area (Å²) in [5.41, 5.74) is 1.61. The minimum Gasteiger partial charge on any atom is -0.496 e. The molecule has 1 aliphatic heterocycles. The van der Waals surface area contributed by atoms with Crippen molar-refractivity contribution in [1.29, 1.82) is 0 Å². The highest BCUT2D eigenvalue weighted by Gasteiger charge is 2.30. The van der Waals surface area contributed by atoms with Crippen molar-refractivity contribution in [2.75, 3.05) is 38.6 Å². The predicted molar refractivity (Wildman–Crippen MR) is 114 cm³/mol. The Morgan fingerprint density at radius 1 is 1.31 bits per heavy atom. The van der Waals surface area contributed by atoms with E-state index in [9.17, 15) is 9.59 Å². The van der Waals surface area contributed by atoms with Crippen LogP contribution in [0.3, 0.4) is 0 Å². The second kappa shape index (κ2) is 8.73. The third-order valence-electron chi connectivity index (χ3n) is 5.00. The third-order valence-corrected chi connectivity index (χ3v) is 7.18. The molecule has 154 valence electrons. The molecule has 1 aromatic carbocycles. The van der Waals surface area contributed by atoms with Gasteiger partial charge in [-0.1, -0.05) is 23.1 Å². The molecule has 0 spiro atoms. The van der Waals surface area contributed by atoms with Crippen molar-refractivity contribution in [3.63, 3.8) is 0 Å². The number of ether oxygens (including phenoxy) is 1. The lowest BCUT2D eigenvalue weighted by Crippen LogP contribution is -2.46. The number of hydrogen-bond donors (Lipinski definition) is 2. The second-order valence-corrected chi connectivity index (χ2v) is 9.58. The fraction of sp³-hybridized carbons (Fsp3) is 0.450. The van der Waals surface area contributed by atoms with Gasteiger partial charge in [0.05, 0.1) is 23.1 Å². The lowest BCUT2D eigenvalue weighted by atomic mass is 10.1. The molecular formula is C20H24N4O3S2. The first-order chi connectivity index (χ1) is 14.0. The quantitative estimate of drug-likeness (QED) is 0.730. The fourth-order valence-corrected chi connectivity index (χ4v) is 5.12. The zero-order chi connectivity index (χ0) is 20.4. The average Bonchev–Trinajstić information content (AvgIpc) is 3.50. The van der Waals surface area contributed by atoms with E-state index in [0.717, 1.165) is 40.6 Å². The first-order valence-corrected chi connectivity index (χ1v) is 11.3. The van der Waals surface area contributed by atoms with Gasteiger partial charge in [0.15, 0.2) is 5.13 Å². The Morgan fingerprint density at radius 3 is 2.76 bits per heavy atom. The lowest BCUT2D eigenvalue weighted by molar-refractivity contribution is -0.117. The minimum absolute atomic E-state index is 0.00751. The van der Waals surface area contributed by atoms with Crippen molar-refractivity contribution < 1.29 is 14.3 Å². The number of anilines is 1. The van der Waals surface area contributed by atoms with Crippen LogP contribution in [-0.4, -0.2) is 55.0 Å². The van der Waals surface area contributed by atoms with Gasteiger partial charge < -0.3 is 20.3 Å². The molecule has 2 amide bonds. The van der Waals surface area contributed by atoms with Crippen molar-refractivity contribution in [3.8, 4) is 5.75 Å². The van der Waals surface area contributed by atoms with Crippen LogP contribution in [0.4, 0.5) is 5.13 Å². The molecule has 1 aromatic heterocycles. The smallest absolute Gasteiger partial charge is 0.257 e. The molecule has 1 saturated carbocycles. The summed E-state index contributed by atoms with van der Waals surface area (Å²) in [6, 6.07) is 3.82. The number of carbonyl (C=O) groups is 2. The fourth-order valence-electron chi connectivity index (χ4n) is 3.17. The van der Waals surface area contributed by atoms with Gasteiger partial charge in [-0.3, -0.25) is 9.59 Å². The monoisotopic (exact) mass is 432 g/mol. The normalized spacial score (nSPS) is 16.6. The van der Waals surface area contributed by atoms with E-state index < -0.39 is 0 Å². The summed E-state index contributed by atoms with van der Waals surface area (Å²) in [5.74, 6) is 0.793. The highest BCUT2D eigenvalue weighted by Crippen LogP contribution is 2.39. The molecular weight excluding hydrogens is 408 g/mol. The molecule has 0 unspecified atom stereocenters. The lowest BCUT2D eigenvalue weighted by Gasteiger charge is -2.28. The predicted octanol–water partition coefficient (Wildman–Crippen LogP) is 3.01. The van der Waals surface area contributed by atoms with Crippen molar-refractivity contribution in [1.82, 2.24) is 15.2 Å². The Kier molecular flexibility index (Phi) is 6.07. The Labute approximate surface area is 178 Å². The van der Waals surface area contributed by atoms with Gasteiger partial charge in [-0.15, -0.1) is 0 Å². The number of nitrogens with one attached hydrogen (secondary N) is 2. The molecule has 0 radical (unpaired) electrons. The van der Waals surface area contributed by atoms with Crippen LogP contribution in [-0.2, 0) is 4.79 Å². The topological polar surface area (TPSA) is 83.6 Å². The summed E-state index contributed by atoms with van der Waals surface area (Å²) >= 11 is 3.00. The molecule has 29 heavy (non-hydrogen) atoms. The minimum atomic E-state index is -0.00751. The number of benzene rings is 1. The zero-order valence-electron chi connectivity index (χ0n) is 16.5. The Morgan fingerprint density at radius 2 is 2.07 bits per heavy atom. The van der Waals surface area contributed by atoms with Crippen molar-refractivity contribution >= 4 is 40.0 Å². The molecule has 0 atom stereocenters. The average molecular weight is 433 g/mol. The number of amides is 2. The van der Waals surface area contributed by atoms with Gasteiger partial charge in [0.2, 0.25) is 5.91 Å². The number of aromatic nitrogens is 1. The Hall–Kier alpha value is -2.10. The van der Waals surface area contributed by atoms with Gasteiger partial charge in [0, 0.05) is 37.0 Å². The third kappa shape index (κ3) is 4.73. The van der Waals surface area contributed by atoms with E-state index >= 15 is 0 Å². The second-order valence-electron chi connectivity index (χ2n) is 7.21. The molecule has 1 aliphatic carbocycles. The van der Waals surface area contributed by atoms with Gasteiger partial charge in [0.1, 0.15) is 5.75 Å². The number of hydrogen-bond acceptors (Lipinski definition) is 7. The Bertz CT molecular complexity index is 920. The maximum absolute atomic E-state index is 13.0. The first kappa shape index (κ1) is 20.2. The van der Waals surface area contributed by atoms with Crippen LogP contribution in [0, 0.1) is 12.8 Å². The Balaban J connectivity index is 1.53. The number of thiazole rings is 1. The van der Waals surface area contributed by atoms with Crippen LogP contribution < -0.4 is 15.4 Å². The maximum atomic E-state index is 13.0. The standard InChI is InChI=1S/C20H24N4O3S2/c1-12-9-15(27-2)14(19(26)24-7-5-21-6-8-24)10-16(12)28-17-11-22-20(29-17)23-18(25)13-3-4-13/h9-11,13,21H,3-8H2,1-2H3,(H,22,23,25). The van der Waals surface area contributed by atoms with Crippen molar-refractivity contribution in [2.45, 2.75) is 28.9 Å². The maximum Gasteiger partial charge on any atom is 0.257 e.